The Hall–Kier alpha value is -0.530. The van der Waals surface area contributed by atoms with Crippen molar-refractivity contribution < 1.29 is 0 Å². The van der Waals surface area contributed by atoms with Crippen LogP contribution in [0.15, 0.2) is 24.3 Å². The van der Waals surface area contributed by atoms with Gasteiger partial charge in [-0.05, 0) is 36.0 Å². The molecule has 0 spiro atoms. The van der Waals surface area contributed by atoms with Crippen molar-refractivity contribution in [3.8, 4) is 0 Å². The number of nitrogens with one attached hydrogen (secondary N) is 1. The molecule has 0 heterocycles. The Morgan fingerprint density at radius 1 is 1.47 bits per heavy atom. The molecule has 1 aromatic carbocycles. The zero-order chi connectivity index (χ0) is 10.8. The van der Waals surface area contributed by atoms with Crippen LogP contribution in [0, 0.1) is 11.8 Å². The lowest BCUT2D eigenvalue weighted by Crippen LogP contribution is -2.18. The van der Waals surface area contributed by atoms with Gasteiger partial charge in [-0.25, -0.2) is 0 Å². The molecule has 1 aliphatic carbocycles. The molecule has 1 fully saturated rings. The molecule has 0 aliphatic heterocycles. The highest BCUT2D eigenvalue weighted by Gasteiger charge is 2.38. The van der Waals surface area contributed by atoms with Crippen molar-refractivity contribution in [1.82, 2.24) is 5.32 Å². The highest BCUT2D eigenvalue weighted by molar-refractivity contribution is 6.30. The molecule has 1 aliphatic rings. The number of benzene rings is 1. The van der Waals surface area contributed by atoms with Crippen molar-refractivity contribution in [2.75, 3.05) is 0 Å². The van der Waals surface area contributed by atoms with Crippen LogP contribution in [0.2, 0.25) is 5.02 Å². The minimum Gasteiger partial charge on any atom is -0.310 e. The molecular formula is C13H18ClN. The van der Waals surface area contributed by atoms with Gasteiger partial charge in [0.15, 0.2) is 0 Å². The van der Waals surface area contributed by atoms with E-state index < -0.39 is 0 Å². The molecule has 82 valence electrons. The van der Waals surface area contributed by atoms with E-state index in [0.29, 0.717) is 0 Å². The summed E-state index contributed by atoms with van der Waals surface area (Å²) in [4.78, 5) is 0. The van der Waals surface area contributed by atoms with Gasteiger partial charge in [-0.2, -0.15) is 0 Å². The normalized spacial score (nSPS) is 24.5. The zero-order valence-corrected chi connectivity index (χ0v) is 10.1. The van der Waals surface area contributed by atoms with Gasteiger partial charge in [0, 0.05) is 17.6 Å². The fraction of sp³-hybridized carbons (Fsp3) is 0.538. The maximum Gasteiger partial charge on any atom is 0.0409 e. The summed E-state index contributed by atoms with van der Waals surface area (Å²) in [6.45, 7) is 5.53. The first-order chi connectivity index (χ1) is 7.16. The van der Waals surface area contributed by atoms with E-state index in [1.54, 1.807) is 0 Å². The summed E-state index contributed by atoms with van der Waals surface area (Å²) < 4.78 is 0. The predicted molar refractivity (Wildman–Crippen MR) is 65.0 cm³/mol. The summed E-state index contributed by atoms with van der Waals surface area (Å²) in [5.41, 5.74) is 1.27. The van der Waals surface area contributed by atoms with Crippen LogP contribution in [0.4, 0.5) is 0 Å². The molecule has 1 N–H and O–H groups in total. The Labute approximate surface area is 96.8 Å². The Balaban J connectivity index is 1.80. The number of halogens is 1. The molecule has 15 heavy (non-hydrogen) atoms. The third-order valence-electron chi connectivity index (χ3n) is 3.15. The van der Waals surface area contributed by atoms with Gasteiger partial charge >= 0.3 is 0 Å². The summed E-state index contributed by atoms with van der Waals surface area (Å²) in [6, 6.07) is 8.79. The topological polar surface area (TPSA) is 12.0 Å². The van der Waals surface area contributed by atoms with Crippen LogP contribution in [-0.2, 0) is 6.54 Å². The van der Waals surface area contributed by atoms with Crippen molar-refractivity contribution in [2.45, 2.75) is 32.9 Å². The Morgan fingerprint density at radius 2 is 2.27 bits per heavy atom. The second kappa shape index (κ2) is 4.54. The van der Waals surface area contributed by atoms with Crippen molar-refractivity contribution in [2.24, 2.45) is 11.8 Å². The summed E-state index contributed by atoms with van der Waals surface area (Å²) in [7, 11) is 0. The SMILES string of the molecule is CC(C)C1CC1NCc1cccc(Cl)c1. The van der Waals surface area contributed by atoms with E-state index in [2.05, 4.69) is 25.2 Å². The molecule has 0 saturated heterocycles. The lowest BCUT2D eigenvalue weighted by molar-refractivity contribution is 0.511. The largest absolute Gasteiger partial charge is 0.310 e. The fourth-order valence-corrected chi connectivity index (χ4v) is 2.29. The maximum absolute atomic E-state index is 5.93. The molecule has 0 amide bonds. The Bertz CT molecular complexity index is 335. The Kier molecular flexibility index (Phi) is 3.32. The van der Waals surface area contributed by atoms with Gasteiger partial charge in [-0.1, -0.05) is 37.6 Å². The van der Waals surface area contributed by atoms with Crippen LogP contribution >= 0.6 is 11.6 Å². The van der Waals surface area contributed by atoms with E-state index in [0.717, 1.165) is 29.4 Å². The van der Waals surface area contributed by atoms with E-state index >= 15 is 0 Å². The van der Waals surface area contributed by atoms with Crippen LogP contribution in [0.1, 0.15) is 25.8 Å². The van der Waals surface area contributed by atoms with E-state index in [9.17, 15) is 0 Å². The van der Waals surface area contributed by atoms with Crippen molar-refractivity contribution in [3.05, 3.63) is 34.9 Å². The fourth-order valence-electron chi connectivity index (χ4n) is 2.08. The predicted octanol–water partition coefficient (Wildman–Crippen LogP) is 3.47. The molecule has 1 nitrogen and oxygen atoms in total. The highest BCUT2D eigenvalue weighted by Crippen LogP contribution is 2.37. The van der Waals surface area contributed by atoms with Gasteiger partial charge in [-0.15, -0.1) is 0 Å². The molecule has 0 aromatic heterocycles. The lowest BCUT2D eigenvalue weighted by atomic mass is 10.1. The molecular weight excluding hydrogens is 206 g/mol. The summed E-state index contributed by atoms with van der Waals surface area (Å²) in [6.07, 6.45) is 1.33. The van der Waals surface area contributed by atoms with Crippen molar-refractivity contribution in [1.29, 1.82) is 0 Å². The smallest absolute Gasteiger partial charge is 0.0409 e. The van der Waals surface area contributed by atoms with Crippen LogP contribution in [0.25, 0.3) is 0 Å². The average Bonchev–Trinajstić information content (AvgIpc) is 2.94. The van der Waals surface area contributed by atoms with Crippen LogP contribution in [0.5, 0.6) is 0 Å². The maximum atomic E-state index is 5.93. The van der Waals surface area contributed by atoms with Gasteiger partial charge < -0.3 is 5.32 Å². The van der Waals surface area contributed by atoms with Gasteiger partial charge in [0.1, 0.15) is 0 Å². The first-order valence-electron chi connectivity index (χ1n) is 5.64. The van der Waals surface area contributed by atoms with E-state index in [4.69, 9.17) is 11.6 Å². The van der Waals surface area contributed by atoms with E-state index in [-0.39, 0.29) is 0 Å². The first kappa shape index (κ1) is 11.0. The number of rotatable bonds is 4. The van der Waals surface area contributed by atoms with E-state index in [1.807, 2.05) is 18.2 Å². The first-order valence-corrected chi connectivity index (χ1v) is 6.02. The van der Waals surface area contributed by atoms with Crippen LogP contribution in [0.3, 0.4) is 0 Å². The standard InChI is InChI=1S/C13H18ClN/c1-9(2)12-7-13(12)15-8-10-4-3-5-11(14)6-10/h3-6,9,12-13,15H,7-8H2,1-2H3. The molecule has 2 heteroatoms. The third kappa shape index (κ3) is 2.96. The molecule has 1 saturated carbocycles. The number of hydrogen-bond donors (Lipinski definition) is 1. The molecule has 0 bridgehead atoms. The minimum atomic E-state index is 0.726. The monoisotopic (exact) mass is 223 g/mol. The molecule has 1 aromatic rings. The minimum absolute atomic E-state index is 0.726. The number of hydrogen-bond acceptors (Lipinski definition) is 1. The second-order valence-corrected chi connectivity index (χ2v) is 5.20. The molecule has 2 rings (SSSR count). The zero-order valence-electron chi connectivity index (χ0n) is 9.33. The molecule has 0 radical (unpaired) electrons. The van der Waals surface area contributed by atoms with Gasteiger partial charge in [-0.3, -0.25) is 0 Å². The van der Waals surface area contributed by atoms with Gasteiger partial charge in [0.25, 0.3) is 0 Å². The molecule has 2 unspecified atom stereocenters. The van der Waals surface area contributed by atoms with Gasteiger partial charge in [0.05, 0.1) is 0 Å². The highest BCUT2D eigenvalue weighted by atomic mass is 35.5. The quantitative estimate of drug-likeness (QED) is 0.824. The van der Waals surface area contributed by atoms with Crippen molar-refractivity contribution >= 4 is 11.6 Å². The summed E-state index contributed by atoms with van der Waals surface area (Å²) in [5.74, 6) is 1.69. The van der Waals surface area contributed by atoms with Crippen LogP contribution < -0.4 is 5.32 Å². The van der Waals surface area contributed by atoms with Gasteiger partial charge in [0.2, 0.25) is 0 Å². The Morgan fingerprint density at radius 3 is 2.87 bits per heavy atom. The summed E-state index contributed by atoms with van der Waals surface area (Å²) >= 11 is 5.93. The second-order valence-electron chi connectivity index (χ2n) is 4.76. The average molecular weight is 224 g/mol. The third-order valence-corrected chi connectivity index (χ3v) is 3.39. The lowest BCUT2D eigenvalue weighted by Gasteiger charge is -2.06. The molecule has 2 atom stereocenters. The van der Waals surface area contributed by atoms with Crippen molar-refractivity contribution in [3.63, 3.8) is 0 Å². The summed E-state index contributed by atoms with van der Waals surface area (Å²) in [5, 5.41) is 4.40. The van der Waals surface area contributed by atoms with E-state index in [1.165, 1.54) is 12.0 Å². The van der Waals surface area contributed by atoms with Crippen LogP contribution in [-0.4, -0.2) is 6.04 Å².